The average Bonchev–Trinajstić information content (AvgIpc) is 2.89. The van der Waals surface area contributed by atoms with Gasteiger partial charge in [0.2, 0.25) is 5.95 Å². The largest absolute Gasteiger partial charge is 0.337 e. The molecule has 0 amide bonds. The van der Waals surface area contributed by atoms with Crippen molar-refractivity contribution in [1.82, 2.24) is 25.5 Å². The number of nitrogens with one attached hydrogen (secondary N) is 2. The minimum absolute atomic E-state index is 0.468. The van der Waals surface area contributed by atoms with Gasteiger partial charge in [-0.3, -0.25) is 10.1 Å². The summed E-state index contributed by atoms with van der Waals surface area (Å²) >= 11 is 0. The zero-order valence-electron chi connectivity index (χ0n) is 10.3. The van der Waals surface area contributed by atoms with Crippen molar-refractivity contribution in [1.29, 1.82) is 0 Å². The third-order valence-electron chi connectivity index (χ3n) is 3.03. The summed E-state index contributed by atoms with van der Waals surface area (Å²) in [7, 11) is 0. The van der Waals surface area contributed by atoms with E-state index in [1.165, 1.54) is 0 Å². The molecule has 0 bridgehead atoms. The molecule has 1 atom stereocenters. The van der Waals surface area contributed by atoms with E-state index in [1.807, 2.05) is 18.2 Å². The van der Waals surface area contributed by atoms with E-state index in [-0.39, 0.29) is 0 Å². The fourth-order valence-electron chi connectivity index (χ4n) is 2.13. The minimum Gasteiger partial charge on any atom is -0.337 e. The molecule has 3 heterocycles. The lowest BCUT2D eigenvalue weighted by Gasteiger charge is -2.30. The maximum atomic E-state index is 4.51. The topological polar surface area (TPSA) is 69.7 Å². The monoisotopic (exact) mass is 244 g/mol. The Morgan fingerprint density at radius 3 is 3.11 bits per heavy atom. The SMILES string of the molecule is C[C@H]1CN(c2n[nH]c(-c3ccccn3)n2)CCN1. The summed E-state index contributed by atoms with van der Waals surface area (Å²) < 4.78 is 0. The Hall–Kier alpha value is -1.95. The third-order valence-corrected chi connectivity index (χ3v) is 3.03. The molecule has 0 aliphatic carbocycles. The molecule has 3 rings (SSSR count). The molecule has 6 nitrogen and oxygen atoms in total. The van der Waals surface area contributed by atoms with Crippen LogP contribution in [0, 0.1) is 0 Å². The predicted molar refractivity (Wildman–Crippen MR) is 69.3 cm³/mol. The lowest BCUT2D eigenvalue weighted by Crippen LogP contribution is -2.49. The Balaban J connectivity index is 1.81. The number of nitrogens with zero attached hydrogens (tertiary/aromatic N) is 4. The number of pyridine rings is 1. The van der Waals surface area contributed by atoms with E-state index >= 15 is 0 Å². The summed E-state index contributed by atoms with van der Waals surface area (Å²) in [5, 5.41) is 10.6. The Bertz CT molecular complexity index is 508. The van der Waals surface area contributed by atoms with Crippen LogP contribution in [0.4, 0.5) is 5.95 Å². The summed E-state index contributed by atoms with van der Waals surface area (Å²) in [6.07, 6.45) is 1.75. The number of aromatic amines is 1. The van der Waals surface area contributed by atoms with Gasteiger partial charge >= 0.3 is 0 Å². The quantitative estimate of drug-likeness (QED) is 0.812. The van der Waals surface area contributed by atoms with Gasteiger partial charge < -0.3 is 10.2 Å². The molecular weight excluding hydrogens is 228 g/mol. The number of anilines is 1. The molecule has 0 aromatic carbocycles. The van der Waals surface area contributed by atoms with Crippen molar-refractivity contribution in [2.24, 2.45) is 0 Å². The Kier molecular flexibility index (Phi) is 2.93. The van der Waals surface area contributed by atoms with E-state index < -0.39 is 0 Å². The standard InChI is InChI=1S/C12H16N6/c1-9-8-18(7-6-13-9)12-15-11(16-17-12)10-4-2-3-5-14-10/h2-5,9,13H,6-8H2,1H3,(H,15,16,17)/t9-/m0/s1. The molecule has 6 heteroatoms. The van der Waals surface area contributed by atoms with E-state index in [2.05, 4.69) is 37.3 Å². The molecule has 0 spiro atoms. The van der Waals surface area contributed by atoms with Crippen LogP contribution in [0.15, 0.2) is 24.4 Å². The highest BCUT2D eigenvalue weighted by Gasteiger charge is 2.19. The maximum Gasteiger partial charge on any atom is 0.245 e. The lowest BCUT2D eigenvalue weighted by atomic mass is 10.2. The van der Waals surface area contributed by atoms with Gasteiger partial charge in [0.05, 0.1) is 0 Å². The highest BCUT2D eigenvalue weighted by Crippen LogP contribution is 2.15. The van der Waals surface area contributed by atoms with Crippen molar-refractivity contribution in [3.63, 3.8) is 0 Å². The van der Waals surface area contributed by atoms with Gasteiger partial charge in [-0.25, -0.2) is 0 Å². The fourth-order valence-corrected chi connectivity index (χ4v) is 2.13. The number of piperazine rings is 1. The van der Waals surface area contributed by atoms with Crippen molar-refractivity contribution in [3.8, 4) is 11.5 Å². The molecule has 0 unspecified atom stereocenters. The first-order chi connectivity index (χ1) is 8.83. The summed E-state index contributed by atoms with van der Waals surface area (Å²) in [5.41, 5.74) is 0.819. The van der Waals surface area contributed by atoms with Crippen LogP contribution < -0.4 is 10.2 Å². The van der Waals surface area contributed by atoms with Crippen LogP contribution in [-0.2, 0) is 0 Å². The first-order valence-electron chi connectivity index (χ1n) is 6.15. The molecule has 0 saturated carbocycles. The summed E-state index contributed by atoms with van der Waals surface area (Å²) in [6.45, 7) is 5.00. The van der Waals surface area contributed by atoms with Crippen molar-refractivity contribution < 1.29 is 0 Å². The highest BCUT2D eigenvalue weighted by molar-refractivity contribution is 5.50. The van der Waals surface area contributed by atoms with Gasteiger partial charge in [0.1, 0.15) is 5.69 Å². The van der Waals surface area contributed by atoms with E-state index in [0.717, 1.165) is 37.1 Å². The van der Waals surface area contributed by atoms with Crippen molar-refractivity contribution in [3.05, 3.63) is 24.4 Å². The second-order valence-corrected chi connectivity index (χ2v) is 4.50. The highest BCUT2D eigenvalue weighted by atomic mass is 15.4. The molecule has 1 aliphatic rings. The summed E-state index contributed by atoms with van der Waals surface area (Å²) in [6, 6.07) is 6.22. The zero-order valence-corrected chi connectivity index (χ0v) is 10.3. The van der Waals surface area contributed by atoms with Gasteiger partial charge in [0.15, 0.2) is 5.82 Å². The molecule has 18 heavy (non-hydrogen) atoms. The van der Waals surface area contributed by atoms with Crippen LogP contribution in [0.5, 0.6) is 0 Å². The van der Waals surface area contributed by atoms with Crippen molar-refractivity contribution in [2.45, 2.75) is 13.0 Å². The van der Waals surface area contributed by atoms with Crippen LogP contribution >= 0.6 is 0 Å². The number of H-pyrrole nitrogens is 1. The number of hydrogen-bond acceptors (Lipinski definition) is 5. The number of hydrogen-bond donors (Lipinski definition) is 2. The van der Waals surface area contributed by atoms with E-state index in [0.29, 0.717) is 6.04 Å². The van der Waals surface area contributed by atoms with Gasteiger partial charge in [-0.05, 0) is 19.1 Å². The maximum absolute atomic E-state index is 4.51. The molecule has 1 aliphatic heterocycles. The van der Waals surface area contributed by atoms with E-state index in [9.17, 15) is 0 Å². The molecule has 1 saturated heterocycles. The molecule has 2 N–H and O–H groups in total. The normalized spacial score (nSPS) is 20.1. The average molecular weight is 244 g/mol. The minimum atomic E-state index is 0.468. The van der Waals surface area contributed by atoms with Crippen LogP contribution in [0.25, 0.3) is 11.5 Å². The third kappa shape index (κ3) is 2.19. The summed E-state index contributed by atoms with van der Waals surface area (Å²) in [5.74, 6) is 1.47. The Morgan fingerprint density at radius 2 is 2.33 bits per heavy atom. The predicted octanol–water partition coefficient (Wildman–Crippen LogP) is 0.665. The van der Waals surface area contributed by atoms with E-state index in [1.54, 1.807) is 6.20 Å². The fraction of sp³-hybridized carbons (Fsp3) is 0.417. The van der Waals surface area contributed by atoms with Gasteiger partial charge in [-0.1, -0.05) is 6.07 Å². The molecule has 1 fully saturated rings. The van der Waals surface area contributed by atoms with Crippen molar-refractivity contribution in [2.75, 3.05) is 24.5 Å². The van der Waals surface area contributed by atoms with Gasteiger partial charge in [-0.2, -0.15) is 4.98 Å². The van der Waals surface area contributed by atoms with Crippen LogP contribution in [0.1, 0.15) is 6.92 Å². The lowest BCUT2D eigenvalue weighted by molar-refractivity contribution is 0.480. The van der Waals surface area contributed by atoms with Gasteiger partial charge in [-0.15, -0.1) is 5.10 Å². The summed E-state index contributed by atoms with van der Waals surface area (Å²) in [4.78, 5) is 11.0. The molecule has 0 radical (unpaired) electrons. The Labute approximate surface area is 105 Å². The first-order valence-corrected chi connectivity index (χ1v) is 6.15. The smallest absolute Gasteiger partial charge is 0.245 e. The van der Waals surface area contributed by atoms with E-state index in [4.69, 9.17) is 0 Å². The van der Waals surface area contributed by atoms with Crippen LogP contribution in [-0.4, -0.2) is 45.8 Å². The van der Waals surface area contributed by atoms with Gasteiger partial charge in [0.25, 0.3) is 0 Å². The second kappa shape index (κ2) is 4.73. The van der Waals surface area contributed by atoms with Crippen LogP contribution in [0.3, 0.4) is 0 Å². The van der Waals surface area contributed by atoms with Gasteiger partial charge in [0, 0.05) is 31.9 Å². The van der Waals surface area contributed by atoms with Crippen LogP contribution in [0.2, 0.25) is 0 Å². The van der Waals surface area contributed by atoms with Crippen molar-refractivity contribution >= 4 is 5.95 Å². The first kappa shape index (κ1) is 11.2. The second-order valence-electron chi connectivity index (χ2n) is 4.50. The molecule has 2 aromatic rings. The zero-order chi connectivity index (χ0) is 12.4. The number of aromatic nitrogens is 4. The molecule has 2 aromatic heterocycles. The molecule has 94 valence electrons. The molecular formula is C12H16N6. The Morgan fingerprint density at radius 1 is 1.39 bits per heavy atom. The number of rotatable bonds is 2.